The van der Waals surface area contributed by atoms with Crippen LogP contribution in [-0.4, -0.2) is 21.0 Å². The first kappa shape index (κ1) is 12.2. The molecule has 1 heterocycles. The van der Waals surface area contributed by atoms with Crippen LogP contribution < -0.4 is 0 Å². The lowest BCUT2D eigenvalue weighted by Gasteiger charge is -2.05. The zero-order chi connectivity index (χ0) is 13.3. The lowest BCUT2D eigenvalue weighted by Crippen LogP contribution is -2.05. The lowest BCUT2D eigenvalue weighted by molar-refractivity contribution is 0.0690. The number of nitrogens with zero attached hydrogens (tertiary/aromatic N) is 2. The van der Waals surface area contributed by atoms with Gasteiger partial charge >= 0.3 is 5.97 Å². The first-order valence-electron chi connectivity index (χ1n) is 5.33. The van der Waals surface area contributed by atoms with Crippen molar-refractivity contribution in [1.82, 2.24) is 9.97 Å². The van der Waals surface area contributed by atoms with Crippen LogP contribution in [0.15, 0.2) is 24.3 Å². The predicted octanol–water partition coefficient (Wildman–Crippen LogP) is 2.60. The number of aryl methyl sites for hydroxylation is 2. The molecule has 1 aromatic carbocycles. The molecule has 0 aliphatic heterocycles. The number of benzene rings is 1. The van der Waals surface area contributed by atoms with Gasteiger partial charge in [-0.25, -0.2) is 19.2 Å². The smallest absolute Gasteiger partial charge is 0.354 e. The molecule has 0 unspecified atom stereocenters. The third kappa shape index (κ3) is 2.34. The molecule has 1 N–H and O–H groups in total. The van der Waals surface area contributed by atoms with Gasteiger partial charge < -0.3 is 5.11 Å². The van der Waals surface area contributed by atoms with Gasteiger partial charge in [0.15, 0.2) is 11.5 Å². The number of carbonyl (C=O) groups is 1. The van der Waals surface area contributed by atoms with Crippen molar-refractivity contribution in [2.75, 3.05) is 0 Å². The molecule has 18 heavy (non-hydrogen) atoms. The number of rotatable bonds is 2. The summed E-state index contributed by atoms with van der Waals surface area (Å²) in [6.07, 6.45) is 0. The normalized spacial score (nSPS) is 10.4. The Morgan fingerprint density at radius 1 is 1.22 bits per heavy atom. The Hall–Kier alpha value is -2.30. The standard InChI is InChI=1S/C13H11FN2O2/c1-7-3-4-9(10(14)5-7)12-15-8(2)6-11(16-12)13(17)18/h3-6H,1-2H3,(H,17,18). The van der Waals surface area contributed by atoms with Crippen molar-refractivity contribution in [2.24, 2.45) is 0 Å². The SMILES string of the molecule is Cc1ccc(-c2nc(C)cc(C(=O)O)n2)c(F)c1. The molecule has 0 amide bonds. The van der Waals surface area contributed by atoms with Gasteiger partial charge in [0.1, 0.15) is 5.82 Å². The minimum atomic E-state index is -1.16. The Morgan fingerprint density at radius 3 is 2.56 bits per heavy atom. The van der Waals surface area contributed by atoms with E-state index in [9.17, 15) is 9.18 Å². The highest BCUT2D eigenvalue weighted by molar-refractivity contribution is 5.86. The van der Waals surface area contributed by atoms with Crippen LogP contribution in [0.25, 0.3) is 11.4 Å². The van der Waals surface area contributed by atoms with Gasteiger partial charge in [-0.3, -0.25) is 0 Å². The molecule has 0 bridgehead atoms. The van der Waals surface area contributed by atoms with Crippen LogP contribution in [0.4, 0.5) is 4.39 Å². The van der Waals surface area contributed by atoms with E-state index < -0.39 is 11.8 Å². The van der Waals surface area contributed by atoms with Crippen molar-refractivity contribution in [1.29, 1.82) is 0 Å². The summed E-state index contributed by atoms with van der Waals surface area (Å²) in [5.74, 6) is -1.53. The molecule has 0 radical (unpaired) electrons. The number of aromatic nitrogens is 2. The molecule has 1 aromatic heterocycles. The Balaban J connectivity index is 2.60. The van der Waals surface area contributed by atoms with Crippen LogP contribution in [0.5, 0.6) is 0 Å². The average Bonchev–Trinajstić information content (AvgIpc) is 2.27. The molecule has 2 rings (SSSR count). The number of hydrogen-bond donors (Lipinski definition) is 1. The van der Waals surface area contributed by atoms with Crippen molar-refractivity contribution in [3.05, 3.63) is 47.0 Å². The summed E-state index contributed by atoms with van der Waals surface area (Å²) in [5, 5.41) is 8.91. The topological polar surface area (TPSA) is 63.1 Å². The molecule has 2 aromatic rings. The fourth-order valence-corrected chi connectivity index (χ4v) is 1.60. The average molecular weight is 246 g/mol. The molecule has 0 atom stereocenters. The second-order valence-corrected chi connectivity index (χ2v) is 4.01. The molecule has 0 saturated heterocycles. The number of aromatic carboxylic acids is 1. The van der Waals surface area contributed by atoms with Crippen molar-refractivity contribution in [3.63, 3.8) is 0 Å². The summed E-state index contributed by atoms with van der Waals surface area (Å²) < 4.78 is 13.8. The Labute approximate surface area is 103 Å². The summed E-state index contributed by atoms with van der Waals surface area (Å²) in [5.41, 5.74) is 1.32. The second kappa shape index (κ2) is 4.52. The summed E-state index contributed by atoms with van der Waals surface area (Å²) in [6, 6.07) is 5.98. The second-order valence-electron chi connectivity index (χ2n) is 4.01. The van der Waals surface area contributed by atoms with E-state index in [0.717, 1.165) is 5.56 Å². The number of carboxylic acid groups (broad SMARTS) is 1. The Bertz CT molecular complexity index is 626. The van der Waals surface area contributed by atoms with Gasteiger partial charge in [-0.05, 0) is 37.6 Å². The number of hydrogen-bond acceptors (Lipinski definition) is 3. The van der Waals surface area contributed by atoms with Crippen LogP contribution >= 0.6 is 0 Å². The Morgan fingerprint density at radius 2 is 1.94 bits per heavy atom. The van der Waals surface area contributed by atoms with Crippen LogP contribution in [-0.2, 0) is 0 Å². The monoisotopic (exact) mass is 246 g/mol. The van der Waals surface area contributed by atoms with Gasteiger partial charge in [0.05, 0.1) is 5.56 Å². The minimum absolute atomic E-state index is 0.0879. The zero-order valence-corrected chi connectivity index (χ0v) is 9.94. The van der Waals surface area contributed by atoms with Crippen LogP contribution in [0, 0.1) is 19.7 Å². The molecule has 5 heteroatoms. The zero-order valence-electron chi connectivity index (χ0n) is 9.94. The molecule has 4 nitrogen and oxygen atoms in total. The van der Waals surface area contributed by atoms with E-state index in [2.05, 4.69) is 9.97 Å². The molecular formula is C13H11FN2O2. The highest BCUT2D eigenvalue weighted by atomic mass is 19.1. The summed E-state index contributed by atoms with van der Waals surface area (Å²) in [4.78, 5) is 18.8. The highest BCUT2D eigenvalue weighted by Crippen LogP contribution is 2.20. The first-order valence-corrected chi connectivity index (χ1v) is 5.33. The molecule has 0 fully saturated rings. The maximum atomic E-state index is 13.8. The van der Waals surface area contributed by atoms with E-state index in [1.807, 2.05) is 0 Å². The van der Waals surface area contributed by atoms with Crippen molar-refractivity contribution >= 4 is 5.97 Å². The molecule has 0 spiro atoms. The van der Waals surface area contributed by atoms with E-state index in [0.29, 0.717) is 5.69 Å². The van der Waals surface area contributed by atoms with Crippen molar-refractivity contribution < 1.29 is 14.3 Å². The maximum Gasteiger partial charge on any atom is 0.354 e. The van der Waals surface area contributed by atoms with Gasteiger partial charge in [0.25, 0.3) is 0 Å². The van der Waals surface area contributed by atoms with Crippen molar-refractivity contribution in [3.8, 4) is 11.4 Å². The van der Waals surface area contributed by atoms with E-state index in [1.54, 1.807) is 26.0 Å². The van der Waals surface area contributed by atoms with Gasteiger partial charge in [-0.2, -0.15) is 0 Å². The third-order valence-corrected chi connectivity index (χ3v) is 2.44. The fraction of sp³-hybridized carbons (Fsp3) is 0.154. The molecule has 0 aliphatic rings. The van der Waals surface area contributed by atoms with Crippen LogP contribution in [0.3, 0.4) is 0 Å². The van der Waals surface area contributed by atoms with Gasteiger partial charge in [-0.1, -0.05) is 6.07 Å². The summed E-state index contributed by atoms with van der Waals surface area (Å²) in [7, 11) is 0. The molecule has 0 saturated carbocycles. The predicted molar refractivity (Wildman–Crippen MR) is 63.9 cm³/mol. The quantitative estimate of drug-likeness (QED) is 0.884. The van der Waals surface area contributed by atoms with Crippen molar-refractivity contribution in [2.45, 2.75) is 13.8 Å². The lowest BCUT2D eigenvalue weighted by atomic mass is 10.1. The van der Waals surface area contributed by atoms with Gasteiger partial charge in [0, 0.05) is 5.69 Å². The minimum Gasteiger partial charge on any atom is -0.477 e. The largest absolute Gasteiger partial charge is 0.477 e. The van der Waals surface area contributed by atoms with E-state index in [4.69, 9.17) is 5.11 Å². The number of carboxylic acids is 1. The maximum absolute atomic E-state index is 13.8. The fourth-order valence-electron chi connectivity index (χ4n) is 1.60. The molecule has 92 valence electrons. The van der Waals surface area contributed by atoms with Crippen LogP contribution in [0.2, 0.25) is 0 Å². The van der Waals surface area contributed by atoms with E-state index in [-0.39, 0.29) is 17.1 Å². The summed E-state index contributed by atoms with van der Waals surface area (Å²) in [6.45, 7) is 3.41. The Kier molecular flexibility index (Phi) is 3.06. The first-order chi connectivity index (χ1) is 8.47. The summed E-state index contributed by atoms with van der Waals surface area (Å²) >= 11 is 0. The molecule has 0 aliphatic carbocycles. The van der Waals surface area contributed by atoms with Gasteiger partial charge in [-0.15, -0.1) is 0 Å². The molecular weight excluding hydrogens is 235 g/mol. The highest BCUT2D eigenvalue weighted by Gasteiger charge is 2.13. The number of halogens is 1. The van der Waals surface area contributed by atoms with Crippen LogP contribution in [0.1, 0.15) is 21.7 Å². The van der Waals surface area contributed by atoms with E-state index in [1.165, 1.54) is 12.1 Å². The van der Waals surface area contributed by atoms with E-state index >= 15 is 0 Å². The van der Waals surface area contributed by atoms with Gasteiger partial charge in [0.2, 0.25) is 0 Å². The third-order valence-electron chi connectivity index (χ3n) is 2.44.